The van der Waals surface area contributed by atoms with Gasteiger partial charge in [0.1, 0.15) is 5.75 Å². The summed E-state index contributed by atoms with van der Waals surface area (Å²) in [5, 5.41) is 0. The maximum absolute atomic E-state index is 12.2. The lowest BCUT2D eigenvalue weighted by Crippen LogP contribution is -2.44. The van der Waals surface area contributed by atoms with Crippen LogP contribution in [0.5, 0.6) is 5.75 Å². The molecule has 0 saturated heterocycles. The fourth-order valence-corrected chi connectivity index (χ4v) is 1.99. The van der Waals surface area contributed by atoms with Gasteiger partial charge in [0.15, 0.2) is 0 Å². The zero-order valence-electron chi connectivity index (χ0n) is 11.4. The van der Waals surface area contributed by atoms with Crippen molar-refractivity contribution in [1.82, 2.24) is 0 Å². The SMILES string of the molecule is COc1cc(C)c(C)cc1N(C)C(=O)C1(N)CC1. The zero-order chi connectivity index (χ0) is 13.5. The third kappa shape index (κ3) is 2.08. The van der Waals surface area contributed by atoms with Crippen molar-refractivity contribution in [3.63, 3.8) is 0 Å². The van der Waals surface area contributed by atoms with E-state index >= 15 is 0 Å². The van der Waals surface area contributed by atoms with Crippen molar-refractivity contribution < 1.29 is 9.53 Å². The molecule has 0 radical (unpaired) electrons. The highest BCUT2D eigenvalue weighted by atomic mass is 16.5. The number of rotatable bonds is 3. The number of hydrogen-bond acceptors (Lipinski definition) is 3. The fourth-order valence-electron chi connectivity index (χ4n) is 1.99. The van der Waals surface area contributed by atoms with Gasteiger partial charge >= 0.3 is 0 Å². The molecule has 0 heterocycles. The van der Waals surface area contributed by atoms with Gasteiger partial charge in [-0.15, -0.1) is 0 Å². The lowest BCUT2D eigenvalue weighted by Gasteiger charge is -2.24. The van der Waals surface area contributed by atoms with Gasteiger partial charge in [-0.1, -0.05) is 0 Å². The second-order valence-electron chi connectivity index (χ2n) is 5.13. The molecule has 0 spiro atoms. The molecule has 1 aliphatic rings. The fraction of sp³-hybridized carbons (Fsp3) is 0.500. The number of ether oxygens (including phenoxy) is 1. The van der Waals surface area contributed by atoms with Gasteiger partial charge in [0.05, 0.1) is 18.3 Å². The highest BCUT2D eigenvalue weighted by Gasteiger charge is 2.48. The third-order valence-electron chi connectivity index (χ3n) is 3.68. The molecule has 0 unspecified atom stereocenters. The largest absolute Gasteiger partial charge is 0.495 e. The Bertz CT molecular complexity index is 493. The van der Waals surface area contributed by atoms with E-state index < -0.39 is 5.54 Å². The van der Waals surface area contributed by atoms with E-state index in [0.29, 0.717) is 5.75 Å². The number of nitrogens with two attached hydrogens (primary N) is 1. The Hall–Kier alpha value is -1.55. The van der Waals surface area contributed by atoms with E-state index in [-0.39, 0.29) is 5.91 Å². The molecular weight excluding hydrogens is 228 g/mol. The molecule has 1 saturated carbocycles. The summed E-state index contributed by atoms with van der Waals surface area (Å²) in [7, 11) is 3.36. The minimum atomic E-state index is -0.654. The Labute approximate surface area is 108 Å². The summed E-state index contributed by atoms with van der Waals surface area (Å²) in [5.41, 5.74) is 8.36. The van der Waals surface area contributed by atoms with Crippen LogP contribution in [0.2, 0.25) is 0 Å². The Morgan fingerprint density at radius 2 is 1.89 bits per heavy atom. The van der Waals surface area contributed by atoms with Crippen LogP contribution in [-0.4, -0.2) is 25.6 Å². The molecule has 0 aliphatic heterocycles. The summed E-state index contributed by atoms with van der Waals surface area (Å²) < 4.78 is 5.35. The quantitative estimate of drug-likeness (QED) is 0.887. The van der Waals surface area contributed by atoms with E-state index in [4.69, 9.17) is 10.5 Å². The number of methoxy groups -OCH3 is 1. The maximum Gasteiger partial charge on any atom is 0.246 e. The first kappa shape index (κ1) is 12.9. The van der Waals surface area contributed by atoms with Crippen LogP contribution in [0.3, 0.4) is 0 Å². The van der Waals surface area contributed by atoms with Gasteiger partial charge in [-0.05, 0) is 49.9 Å². The van der Waals surface area contributed by atoms with Crippen molar-refractivity contribution in [2.75, 3.05) is 19.1 Å². The normalized spacial score (nSPS) is 16.3. The number of anilines is 1. The molecule has 0 aromatic heterocycles. The number of likely N-dealkylation sites (N-methyl/N-ethyl adjacent to an activating group) is 1. The summed E-state index contributed by atoms with van der Waals surface area (Å²) in [6, 6.07) is 3.92. The number of carbonyl (C=O) groups excluding carboxylic acids is 1. The average Bonchev–Trinajstić information content (AvgIpc) is 3.09. The van der Waals surface area contributed by atoms with Crippen LogP contribution in [0.25, 0.3) is 0 Å². The van der Waals surface area contributed by atoms with Crippen molar-refractivity contribution in [3.8, 4) is 5.75 Å². The van der Waals surface area contributed by atoms with Crippen molar-refractivity contribution >= 4 is 11.6 Å². The minimum Gasteiger partial charge on any atom is -0.495 e. The summed E-state index contributed by atoms with van der Waals surface area (Å²) in [5.74, 6) is 0.669. The number of amides is 1. The molecule has 4 nitrogen and oxygen atoms in total. The Morgan fingerprint density at radius 3 is 2.39 bits per heavy atom. The number of hydrogen-bond donors (Lipinski definition) is 1. The third-order valence-corrected chi connectivity index (χ3v) is 3.68. The van der Waals surface area contributed by atoms with Crippen LogP contribution in [0.1, 0.15) is 24.0 Å². The van der Waals surface area contributed by atoms with Gasteiger partial charge in [-0.2, -0.15) is 0 Å². The van der Waals surface area contributed by atoms with E-state index in [0.717, 1.165) is 29.7 Å². The lowest BCUT2D eigenvalue weighted by molar-refractivity contribution is -0.120. The number of nitrogens with zero attached hydrogens (tertiary/aromatic N) is 1. The molecule has 2 N–H and O–H groups in total. The summed E-state index contributed by atoms with van der Waals surface area (Å²) in [6.07, 6.45) is 1.53. The number of carbonyl (C=O) groups is 1. The molecular formula is C14H20N2O2. The molecule has 1 aromatic rings. The summed E-state index contributed by atoms with van der Waals surface area (Å²) in [6.45, 7) is 4.04. The van der Waals surface area contributed by atoms with Gasteiger partial charge in [0.25, 0.3) is 0 Å². The molecule has 4 heteroatoms. The van der Waals surface area contributed by atoms with Crippen LogP contribution < -0.4 is 15.4 Å². The van der Waals surface area contributed by atoms with Crippen LogP contribution in [0.4, 0.5) is 5.69 Å². The highest BCUT2D eigenvalue weighted by Crippen LogP contribution is 2.38. The lowest BCUT2D eigenvalue weighted by atomic mass is 10.1. The predicted molar refractivity (Wildman–Crippen MR) is 72.0 cm³/mol. The molecule has 0 bridgehead atoms. The highest BCUT2D eigenvalue weighted by molar-refractivity contribution is 6.02. The van der Waals surface area contributed by atoms with Crippen LogP contribution in [0, 0.1) is 13.8 Å². The van der Waals surface area contributed by atoms with Crippen molar-refractivity contribution in [2.24, 2.45) is 5.73 Å². The summed E-state index contributed by atoms with van der Waals surface area (Å²) in [4.78, 5) is 13.8. The summed E-state index contributed by atoms with van der Waals surface area (Å²) >= 11 is 0. The Morgan fingerprint density at radius 1 is 1.33 bits per heavy atom. The van der Waals surface area contributed by atoms with E-state index in [9.17, 15) is 4.79 Å². The van der Waals surface area contributed by atoms with Gasteiger partial charge in [-0.25, -0.2) is 0 Å². The Balaban J connectivity index is 2.37. The van der Waals surface area contributed by atoms with E-state index in [1.165, 1.54) is 0 Å². The molecule has 1 aliphatic carbocycles. The van der Waals surface area contributed by atoms with Crippen molar-refractivity contribution in [2.45, 2.75) is 32.2 Å². The standard InChI is InChI=1S/C14H20N2O2/c1-9-7-11(12(18-4)8-10(9)2)16(3)13(17)14(15)5-6-14/h7-8H,5-6,15H2,1-4H3. The van der Waals surface area contributed by atoms with Crippen LogP contribution >= 0.6 is 0 Å². The van der Waals surface area contributed by atoms with Gasteiger partial charge in [0.2, 0.25) is 5.91 Å². The second-order valence-corrected chi connectivity index (χ2v) is 5.13. The van der Waals surface area contributed by atoms with Gasteiger partial charge < -0.3 is 15.4 Å². The smallest absolute Gasteiger partial charge is 0.246 e. The predicted octanol–water partition coefficient (Wildman–Crippen LogP) is 1.77. The van der Waals surface area contributed by atoms with Crippen LogP contribution in [-0.2, 0) is 4.79 Å². The molecule has 2 rings (SSSR count). The van der Waals surface area contributed by atoms with Gasteiger partial charge in [0, 0.05) is 7.05 Å². The van der Waals surface area contributed by atoms with Crippen molar-refractivity contribution in [1.29, 1.82) is 0 Å². The van der Waals surface area contributed by atoms with E-state index in [1.807, 2.05) is 26.0 Å². The zero-order valence-corrected chi connectivity index (χ0v) is 11.4. The first-order valence-electron chi connectivity index (χ1n) is 6.11. The molecule has 0 atom stereocenters. The van der Waals surface area contributed by atoms with E-state index in [2.05, 4.69) is 0 Å². The number of benzene rings is 1. The molecule has 18 heavy (non-hydrogen) atoms. The monoisotopic (exact) mass is 248 g/mol. The topological polar surface area (TPSA) is 55.6 Å². The van der Waals surface area contributed by atoms with Crippen LogP contribution in [0.15, 0.2) is 12.1 Å². The van der Waals surface area contributed by atoms with Gasteiger partial charge in [-0.3, -0.25) is 4.79 Å². The molecule has 1 aromatic carbocycles. The number of aryl methyl sites for hydroxylation is 2. The van der Waals surface area contributed by atoms with Crippen molar-refractivity contribution in [3.05, 3.63) is 23.3 Å². The molecule has 1 fully saturated rings. The molecule has 1 amide bonds. The first-order chi connectivity index (χ1) is 8.39. The minimum absolute atomic E-state index is 0.0379. The molecule has 98 valence electrons. The Kier molecular flexibility index (Phi) is 3.07. The maximum atomic E-state index is 12.2. The first-order valence-corrected chi connectivity index (χ1v) is 6.11. The second kappa shape index (κ2) is 4.28. The van der Waals surface area contributed by atoms with E-state index in [1.54, 1.807) is 19.1 Å². The average molecular weight is 248 g/mol.